The van der Waals surface area contributed by atoms with Crippen LogP contribution in [0.25, 0.3) is 0 Å². The first-order valence-electron chi connectivity index (χ1n) is 8.43. The van der Waals surface area contributed by atoms with Crippen LogP contribution in [0, 0.1) is 6.92 Å². The molecule has 1 aliphatic rings. The van der Waals surface area contributed by atoms with E-state index in [9.17, 15) is 8.42 Å². The minimum atomic E-state index is -3.46. The molecule has 7 heteroatoms. The molecule has 2 atom stereocenters. The number of nitrogens with zero attached hydrogens (tertiary/aromatic N) is 2. The van der Waals surface area contributed by atoms with E-state index < -0.39 is 14.6 Å². The third-order valence-corrected chi connectivity index (χ3v) is 7.86. The maximum absolute atomic E-state index is 13.3. The van der Waals surface area contributed by atoms with E-state index >= 15 is 0 Å². The van der Waals surface area contributed by atoms with Crippen LogP contribution in [0.1, 0.15) is 44.1 Å². The molecular weight excluding hydrogens is 404 g/mol. The van der Waals surface area contributed by atoms with Crippen molar-refractivity contribution in [2.24, 2.45) is 0 Å². The summed E-state index contributed by atoms with van der Waals surface area (Å²) in [4.78, 5) is 0.390. The van der Waals surface area contributed by atoms with Crippen LogP contribution in [0.2, 0.25) is 0 Å². The van der Waals surface area contributed by atoms with E-state index in [0.717, 1.165) is 15.9 Å². The Kier molecular flexibility index (Phi) is 5.10. The second-order valence-electron chi connectivity index (χ2n) is 6.79. The van der Waals surface area contributed by atoms with Crippen molar-refractivity contribution in [3.8, 4) is 0 Å². The molecule has 0 N–H and O–H groups in total. The number of hydrogen-bond acceptors (Lipinski definition) is 4. The molecule has 1 aliphatic heterocycles. The van der Waals surface area contributed by atoms with Crippen molar-refractivity contribution in [2.45, 2.75) is 55.9 Å². The lowest BCUT2D eigenvalue weighted by atomic mass is 9.95. The van der Waals surface area contributed by atoms with Gasteiger partial charge in [0.15, 0.2) is 9.84 Å². The van der Waals surface area contributed by atoms with Gasteiger partial charge in [0.25, 0.3) is 0 Å². The summed E-state index contributed by atoms with van der Waals surface area (Å²) in [6, 6.07) is 9.05. The largest absolute Gasteiger partial charge is 0.372 e. The summed E-state index contributed by atoms with van der Waals surface area (Å²) in [5, 5.41) is 4.39. The average molecular weight is 427 g/mol. The first kappa shape index (κ1) is 18.6. The zero-order valence-electron chi connectivity index (χ0n) is 14.7. The maximum atomic E-state index is 13.3. The van der Waals surface area contributed by atoms with E-state index in [1.807, 2.05) is 37.6 Å². The van der Waals surface area contributed by atoms with Crippen LogP contribution in [-0.2, 0) is 21.1 Å². The second-order valence-corrected chi connectivity index (χ2v) is 10.1. The smallest absolute Gasteiger partial charge is 0.184 e. The van der Waals surface area contributed by atoms with E-state index in [0.29, 0.717) is 30.9 Å². The molecule has 0 amide bonds. The lowest BCUT2D eigenvalue weighted by Crippen LogP contribution is -2.42. The minimum absolute atomic E-state index is 0.280. The van der Waals surface area contributed by atoms with Crippen molar-refractivity contribution in [2.75, 3.05) is 6.61 Å². The lowest BCUT2D eigenvalue weighted by molar-refractivity contribution is -0.00471. The normalized spacial score (nSPS) is 24.4. The van der Waals surface area contributed by atoms with Crippen LogP contribution in [0.5, 0.6) is 0 Å². The van der Waals surface area contributed by atoms with Gasteiger partial charge in [-0.25, -0.2) is 8.42 Å². The molecule has 1 aromatic carbocycles. The Hall–Kier alpha value is -1.18. The molecule has 1 saturated heterocycles. The molecule has 0 radical (unpaired) electrons. The molecule has 25 heavy (non-hydrogen) atoms. The van der Waals surface area contributed by atoms with Crippen LogP contribution in [0.3, 0.4) is 0 Å². The number of hydrogen-bond donors (Lipinski definition) is 0. The first-order valence-corrected chi connectivity index (χ1v) is 10.7. The van der Waals surface area contributed by atoms with Gasteiger partial charge in [-0.05, 0) is 73.3 Å². The minimum Gasteiger partial charge on any atom is -0.372 e. The number of aromatic nitrogens is 2. The van der Waals surface area contributed by atoms with Gasteiger partial charge in [0.2, 0.25) is 0 Å². The van der Waals surface area contributed by atoms with Gasteiger partial charge in [0, 0.05) is 13.2 Å². The Bertz CT molecular complexity index is 878. The van der Waals surface area contributed by atoms with Gasteiger partial charge in [0.05, 0.1) is 15.3 Å². The quantitative estimate of drug-likeness (QED) is 0.739. The van der Waals surface area contributed by atoms with Gasteiger partial charge in [-0.15, -0.1) is 0 Å². The summed E-state index contributed by atoms with van der Waals surface area (Å²) in [6.07, 6.45) is 0.625. The SMILES string of the molecule is CCn1nc(Br)cc1C1CC(C)(S(=O)(=O)c2cccc(C)c2)CCO1. The van der Waals surface area contributed by atoms with Gasteiger partial charge in [-0.2, -0.15) is 5.10 Å². The highest BCUT2D eigenvalue weighted by atomic mass is 79.9. The molecule has 5 nitrogen and oxygen atoms in total. The summed E-state index contributed by atoms with van der Waals surface area (Å²) >= 11 is 3.40. The molecule has 2 unspecified atom stereocenters. The van der Waals surface area contributed by atoms with Crippen LogP contribution in [-0.4, -0.2) is 29.6 Å². The topological polar surface area (TPSA) is 61.2 Å². The van der Waals surface area contributed by atoms with E-state index in [1.54, 1.807) is 18.2 Å². The molecule has 1 fully saturated rings. The first-order chi connectivity index (χ1) is 11.8. The van der Waals surface area contributed by atoms with Crippen molar-refractivity contribution in [3.63, 3.8) is 0 Å². The number of ether oxygens (including phenoxy) is 1. The van der Waals surface area contributed by atoms with Crippen molar-refractivity contribution in [3.05, 3.63) is 46.2 Å². The fraction of sp³-hybridized carbons (Fsp3) is 0.500. The van der Waals surface area contributed by atoms with Gasteiger partial charge >= 0.3 is 0 Å². The highest BCUT2D eigenvalue weighted by molar-refractivity contribution is 9.10. The van der Waals surface area contributed by atoms with Crippen LogP contribution in [0.4, 0.5) is 0 Å². The number of benzene rings is 1. The highest BCUT2D eigenvalue weighted by Crippen LogP contribution is 2.42. The molecule has 136 valence electrons. The monoisotopic (exact) mass is 426 g/mol. The van der Waals surface area contributed by atoms with Gasteiger partial charge < -0.3 is 4.74 Å². The molecule has 0 bridgehead atoms. The standard InChI is InChI=1S/C18H23BrN2O3S/c1-4-21-15(11-17(19)20-21)16-12-18(3,8-9-24-16)25(22,23)14-7-5-6-13(2)10-14/h5-7,10-11,16H,4,8-9,12H2,1-3H3. The zero-order valence-corrected chi connectivity index (χ0v) is 17.1. The molecule has 3 rings (SSSR count). The summed E-state index contributed by atoms with van der Waals surface area (Å²) in [6.45, 7) is 6.88. The van der Waals surface area contributed by atoms with E-state index in [1.165, 1.54) is 0 Å². The van der Waals surface area contributed by atoms with E-state index in [4.69, 9.17) is 4.74 Å². The fourth-order valence-electron chi connectivity index (χ4n) is 3.38. The lowest BCUT2D eigenvalue weighted by Gasteiger charge is -2.37. The fourth-order valence-corrected chi connectivity index (χ4v) is 5.70. The van der Waals surface area contributed by atoms with Gasteiger partial charge in [-0.3, -0.25) is 4.68 Å². The Morgan fingerprint density at radius 3 is 2.84 bits per heavy atom. The Labute approximate surface area is 157 Å². The number of aryl methyl sites for hydroxylation is 2. The molecule has 1 aromatic heterocycles. The van der Waals surface area contributed by atoms with E-state index in [-0.39, 0.29) is 6.10 Å². The van der Waals surface area contributed by atoms with E-state index in [2.05, 4.69) is 21.0 Å². The van der Waals surface area contributed by atoms with Crippen LogP contribution < -0.4 is 0 Å². The third-order valence-electron chi connectivity index (χ3n) is 4.93. The Morgan fingerprint density at radius 2 is 2.16 bits per heavy atom. The van der Waals surface area contributed by atoms with Crippen molar-refractivity contribution < 1.29 is 13.2 Å². The molecule has 0 spiro atoms. The van der Waals surface area contributed by atoms with Crippen LogP contribution >= 0.6 is 15.9 Å². The number of rotatable bonds is 4. The van der Waals surface area contributed by atoms with Crippen molar-refractivity contribution in [1.82, 2.24) is 9.78 Å². The molecular formula is C18H23BrN2O3S. The predicted molar refractivity (Wildman–Crippen MR) is 100 cm³/mol. The van der Waals surface area contributed by atoms with Crippen molar-refractivity contribution >= 4 is 25.8 Å². The molecule has 2 heterocycles. The summed E-state index contributed by atoms with van der Waals surface area (Å²) in [5.41, 5.74) is 1.86. The maximum Gasteiger partial charge on any atom is 0.184 e. The molecule has 0 aliphatic carbocycles. The second kappa shape index (κ2) is 6.85. The number of sulfone groups is 1. The highest BCUT2D eigenvalue weighted by Gasteiger charge is 2.45. The predicted octanol–water partition coefficient (Wildman–Crippen LogP) is 4.06. The summed E-state index contributed by atoms with van der Waals surface area (Å²) in [7, 11) is -3.46. The van der Waals surface area contributed by atoms with Crippen molar-refractivity contribution in [1.29, 1.82) is 0 Å². The van der Waals surface area contributed by atoms with Gasteiger partial charge in [0.1, 0.15) is 10.7 Å². The summed E-state index contributed by atoms with van der Waals surface area (Å²) < 4.78 is 34.3. The van der Waals surface area contributed by atoms with Crippen LogP contribution in [0.15, 0.2) is 39.8 Å². The average Bonchev–Trinajstić information content (AvgIpc) is 2.96. The Morgan fingerprint density at radius 1 is 1.40 bits per heavy atom. The molecule has 2 aromatic rings. The third kappa shape index (κ3) is 3.41. The molecule has 0 saturated carbocycles. The van der Waals surface area contributed by atoms with Gasteiger partial charge in [-0.1, -0.05) is 12.1 Å². The number of halogens is 1. The Balaban J connectivity index is 1.96. The zero-order chi connectivity index (χ0) is 18.2. The summed E-state index contributed by atoms with van der Waals surface area (Å²) in [5.74, 6) is 0.